The normalized spacial score (nSPS) is 15.3. The second kappa shape index (κ2) is 4.99. The van der Waals surface area contributed by atoms with Crippen LogP contribution in [0.25, 0.3) is 0 Å². The van der Waals surface area contributed by atoms with Crippen LogP contribution in [0.3, 0.4) is 0 Å². The van der Waals surface area contributed by atoms with Crippen LogP contribution < -0.4 is 5.73 Å². The zero-order valence-electron chi connectivity index (χ0n) is 9.19. The summed E-state index contributed by atoms with van der Waals surface area (Å²) < 4.78 is 4.87. The Labute approximate surface area is 95.0 Å². The van der Waals surface area contributed by atoms with E-state index >= 15 is 0 Å². The molecule has 1 aromatic carbocycles. The van der Waals surface area contributed by atoms with Crippen molar-refractivity contribution in [3.05, 3.63) is 35.4 Å². The Morgan fingerprint density at radius 3 is 2.69 bits per heavy atom. The first-order valence-corrected chi connectivity index (χ1v) is 5.50. The van der Waals surface area contributed by atoms with Gasteiger partial charge in [0.2, 0.25) is 0 Å². The van der Waals surface area contributed by atoms with Crippen LogP contribution in [0.4, 0.5) is 4.79 Å². The van der Waals surface area contributed by atoms with E-state index < -0.39 is 0 Å². The number of benzene rings is 1. The molecule has 1 aliphatic heterocycles. The summed E-state index contributed by atoms with van der Waals surface area (Å²) in [7, 11) is 0. The average Bonchev–Trinajstić information content (AvgIpc) is 2.72. The molecule has 86 valence electrons. The number of rotatable bonds is 4. The maximum atomic E-state index is 11.2. The number of ether oxygens (including phenoxy) is 1. The summed E-state index contributed by atoms with van der Waals surface area (Å²) in [4.78, 5) is 13.0. The minimum Gasteiger partial charge on any atom is -0.448 e. The van der Waals surface area contributed by atoms with Crippen molar-refractivity contribution in [2.75, 3.05) is 19.7 Å². The first-order chi connectivity index (χ1) is 7.81. The quantitative estimate of drug-likeness (QED) is 0.827. The predicted octanol–water partition coefficient (Wildman–Crippen LogP) is 1.14. The number of nitrogens with two attached hydrogens (primary N) is 1. The topological polar surface area (TPSA) is 55.6 Å². The van der Waals surface area contributed by atoms with Crippen molar-refractivity contribution in [3.63, 3.8) is 0 Å². The molecule has 0 radical (unpaired) electrons. The Morgan fingerprint density at radius 2 is 2.06 bits per heavy atom. The number of nitrogens with zero attached hydrogens (tertiary/aromatic N) is 1. The highest BCUT2D eigenvalue weighted by Crippen LogP contribution is 2.11. The van der Waals surface area contributed by atoms with Crippen molar-refractivity contribution in [1.82, 2.24) is 4.90 Å². The summed E-state index contributed by atoms with van der Waals surface area (Å²) in [5, 5.41) is 0. The maximum absolute atomic E-state index is 11.2. The fourth-order valence-electron chi connectivity index (χ4n) is 1.88. The van der Waals surface area contributed by atoms with Crippen LogP contribution in [0.1, 0.15) is 11.1 Å². The highest BCUT2D eigenvalue weighted by molar-refractivity contribution is 5.69. The van der Waals surface area contributed by atoms with Crippen LogP contribution in [0.5, 0.6) is 0 Å². The van der Waals surface area contributed by atoms with Crippen LogP contribution in [0.2, 0.25) is 0 Å². The molecule has 1 aromatic rings. The summed E-state index contributed by atoms with van der Waals surface area (Å²) in [6.07, 6.45) is 0.632. The molecule has 0 bridgehead atoms. The standard InChI is InChI=1S/C12H16N2O2/c13-9-11-4-2-1-3-10(11)5-6-14-7-8-16-12(14)15/h1-4H,5-9,13H2. The molecule has 0 unspecified atom stereocenters. The molecule has 1 amide bonds. The lowest BCUT2D eigenvalue weighted by molar-refractivity contribution is 0.158. The first kappa shape index (κ1) is 11.0. The lowest BCUT2D eigenvalue weighted by Crippen LogP contribution is -2.26. The lowest BCUT2D eigenvalue weighted by atomic mass is 10.0. The van der Waals surface area contributed by atoms with Crippen molar-refractivity contribution in [3.8, 4) is 0 Å². The van der Waals surface area contributed by atoms with E-state index in [4.69, 9.17) is 10.5 Å². The number of carbonyl (C=O) groups is 1. The van der Waals surface area contributed by atoms with Gasteiger partial charge < -0.3 is 15.4 Å². The van der Waals surface area contributed by atoms with Crippen LogP contribution >= 0.6 is 0 Å². The van der Waals surface area contributed by atoms with Crippen LogP contribution in [0.15, 0.2) is 24.3 Å². The number of hydrogen-bond acceptors (Lipinski definition) is 3. The van der Waals surface area contributed by atoms with Gasteiger partial charge in [0.15, 0.2) is 0 Å². The zero-order chi connectivity index (χ0) is 11.4. The highest BCUT2D eigenvalue weighted by atomic mass is 16.6. The van der Waals surface area contributed by atoms with Gasteiger partial charge >= 0.3 is 6.09 Å². The Kier molecular flexibility index (Phi) is 3.41. The second-order valence-electron chi connectivity index (χ2n) is 3.82. The van der Waals surface area contributed by atoms with Gasteiger partial charge in [0.25, 0.3) is 0 Å². The average molecular weight is 220 g/mol. The van der Waals surface area contributed by atoms with Gasteiger partial charge in [-0.1, -0.05) is 24.3 Å². The van der Waals surface area contributed by atoms with Crippen LogP contribution in [-0.4, -0.2) is 30.7 Å². The third-order valence-corrected chi connectivity index (χ3v) is 2.83. The molecule has 1 aliphatic rings. The van der Waals surface area contributed by atoms with Gasteiger partial charge in [0.05, 0.1) is 6.54 Å². The molecule has 0 aliphatic carbocycles. The molecule has 2 N–H and O–H groups in total. The molecule has 0 spiro atoms. The monoisotopic (exact) mass is 220 g/mol. The molecular weight excluding hydrogens is 204 g/mol. The SMILES string of the molecule is NCc1ccccc1CCN1CCOC1=O. The third kappa shape index (κ3) is 2.33. The van der Waals surface area contributed by atoms with Crippen molar-refractivity contribution in [2.45, 2.75) is 13.0 Å². The Hall–Kier alpha value is -1.55. The van der Waals surface area contributed by atoms with Gasteiger partial charge in [0, 0.05) is 13.1 Å². The van der Waals surface area contributed by atoms with Gasteiger partial charge in [-0.15, -0.1) is 0 Å². The van der Waals surface area contributed by atoms with Crippen molar-refractivity contribution in [2.24, 2.45) is 5.73 Å². The Balaban J connectivity index is 1.96. The molecule has 0 saturated carbocycles. The largest absolute Gasteiger partial charge is 0.448 e. The fourth-order valence-corrected chi connectivity index (χ4v) is 1.88. The fraction of sp³-hybridized carbons (Fsp3) is 0.417. The molecule has 1 saturated heterocycles. The van der Waals surface area contributed by atoms with Crippen LogP contribution in [-0.2, 0) is 17.7 Å². The predicted molar refractivity (Wildman–Crippen MR) is 61.0 cm³/mol. The summed E-state index contributed by atoms with van der Waals surface area (Å²) >= 11 is 0. The third-order valence-electron chi connectivity index (χ3n) is 2.83. The molecule has 2 rings (SSSR count). The molecule has 0 aromatic heterocycles. The summed E-state index contributed by atoms with van der Waals surface area (Å²) in [6, 6.07) is 8.06. The van der Waals surface area contributed by atoms with Gasteiger partial charge in [-0.3, -0.25) is 0 Å². The molecule has 16 heavy (non-hydrogen) atoms. The summed E-state index contributed by atoms with van der Waals surface area (Å²) in [6.45, 7) is 2.46. The van der Waals surface area contributed by atoms with E-state index in [0.29, 0.717) is 26.2 Å². The van der Waals surface area contributed by atoms with Gasteiger partial charge in [0.1, 0.15) is 6.61 Å². The summed E-state index contributed by atoms with van der Waals surface area (Å²) in [5.74, 6) is 0. The van der Waals surface area contributed by atoms with Crippen LogP contribution in [0, 0.1) is 0 Å². The van der Waals surface area contributed by atoms with E-state index in [1.165, 1.54) is 5.56 Å². The minimum atomic E-state index is -0.203. The Morgan fingerprint density at radius 1 is 1.31 bits per heavy atom. The summed E-state index contributed by atoms with van der Waals surface area (Å²) in [5.41, 5.74) is 8.02. The van der Waals surface area contributed by atoms with Crippen molar-refractivity contribution in [1.29, 1.82) is 0 Å². The lowest BCUT2D eigenvalue weighted by Gasteiger charge is -2.13. The van der Waals surface area contributed by atoms with E-state index in [9.17, 15) is 4.79 Å². The van der Waals surface area contributed by atoms with Gasteiger partial charge in [-0.25, -0.2) is 4.79 Å². The highest BCUT2D eigenvalue weighted by Gasteiger charge is 2.21. The second-order valence-corrected chi connectivity index (χ2v) is 3.82. The number of hydrogen-bond donors (Lipinski definition) is 1. The van der Waals surface area contributed by atoms with E-state index in [2.05, 4.69) is 6.07 Å². The maximum Gasteiger partial charge on any atom is 0.409 e. The molecule has 1 fully saturated rings. The number of amides is 1. The minimum absolute atomic E-state index is 0.203. The van der Waals surface area contributed by atoms with E-state index in [1.807, 2.05) is 18.2 Å². The van der Waals surface area contributed by atoms with E-state index in [1.54, 1.807) is 4.90 Å². The van der Waals surface area contributed by atoms with Gasteiger partial charge in [-0.05, 0) is 17.5 Å². The molecule has 4 heteroatoms. The molecule has 1 heterocycles. The first-order valence-electron chi connectivity index (χ1n) is 5.50. The van der Waals surface area contributed by atoms with E-state index in [-0.39, 0.29) is 6.09 Å². The van der Waals surface area contributed by atoms with Crippen molar-refractivity contribution < 1.29 is 9.53 Å². The smallest absolute Gasteiger partial charge is 0.409 e. The molecular formula is C12H16N2O2. The molecule has 0 atom stereocenters. The van der Waals surface area contributed by atoms with Gasteiger partial charge in [-0.2, -0.15) is 0 Å². The van der Waals surface area contributed by atoms with E-state index in [0.717, 1.165) is 12.0 Å². The number of cyclic esters (lactones) is 1. The Bertz CT molecular complexity index is 379. The zero-order valence-corrected chi connectivity index (χ0v) is 9.19. The van der Waals surface area contributed by atoms with Crippen molar-refractivity contribution >= 4 is 6.09 Å². The molecule has 4 nitrogen and oxygen atoms in total. The number of carbonyl (C=O) groups excluding carboxylic acids is 1.